The Kier molecular flexibility index (Phi) is 1.01. The summed E-state index contributed by atoms with van der Waals surface area (Å²) in [5, 5.41) is 0. The quantitative estimate of drug-likeness (QED) is 0.578. The molecule has 0 aliphatic carbocycles. The van der Waals surface area contributed by atoms with Crippen LogP contribution in [0.25, 0.3) is 11.0 Å². The molecule has 2 nitrogen and oxygen atoms in total. The van der Waals surface area contributed by atoms with Crippen LogP contribution in [0.5, 0.6) is 0 Å². The summed E-state index contributed by atoms with van der Waals surface area (Å²) in [6.45, 7) is 2.02. The first-order valence-corrected chi connectivity index (χ1v) is 3.19. The average Bonchev–Trinajstić information content (AvgIpc) is 2.27. The minimum atomic E-state index is 0.986. The maximum Gasteiger partial charge on any atom is 0.0895 e. The van der Waals surface area contributed by atoms with Gasteiger partial charge in [-0.25, -0.2) is 4.98 Å². The van der Waals surface area contributed by atoms with Crippen molar-refractivity contribution in [1.82, 2.24) is 9.97 Å². The molecule has 0 aromatic carbocycles. The monoisotopic (exact) mass is 131 g/mol. The Morgan fingerprint density at radius 3 is 3.30 bits per heavy atom. The van der Waals surface area contributed by atoms with Crippen LogP contribution in [0, 0.1) is 13.1 Å². The third-order valence-electron chi connectivity index (χ3n) is 1.47. The van der Waals surface area contributed by atoms with Gasteiger partial charge in [-0.15, -0.1) is 0 Å². The second kappa shape index (κ2) is 1.84. The van der Waals surface area contributed by atoms with Crippen molar-refractivity contribution in [3.05, 3.63) is 30.1 Å². The van der Waals surface area contributed by atoms with E-state index >= 15 is 0 Å². The van der Waals surface area contributed by atoms with Crippen LogP contribution in [0.3, 0.4) is 0 Å². The molecule has 1 radical (unpaired) electrons. The number of pyridine rings is 1. The number of rotatable bonds is 0. The van der Waals surface area contributed by atoms with Gasteiger partial charge in [-0.2, -0.15) is 0 Å². The Labute approximate surface area is 58.9 Å². The van der Waals surface area contributed by atoms with E-state index in [1.54, 1.807) is 6.07 Å². The van der Waals surface area contributed by atoms with E-state index in [2.05, 4.69) is 16.2 Å². The van der Waals surface area contributed by atoms with Crippen LogP contribution in [0.4, 0.5) is 0 Å². The number of hydrogen-bond acceptors (Lipinski definition) is 1. The topological polar surface area (TPSA) is 28.7 Å². The van der Waals surface area contributed by atoms with Gasteiger partial charge in [-0.05, 0) is 25.1 Å². The first-order chi connectivity index (χ1) is 4.86. The number of aromatic amines is 1. The first kappa shape index (κ1) is 5.47. The van der Waals surface area contributed by atoms with Crippen molar-refractivity contribution in [1.29, 1.82) is 0 Å². The lowest BCUT2D eigenvalue weighted by Crippen LogP contribution is -1.70. The van der Waals surface area contributed by atoms with Gasteiger partial charge in [0.2, 0.25) is 0 Å². The summed E-state index contributed by atoms with van der Waals surface area (Å²) >= 11 is 0. The normalized spacial score (nSPS) is 10.5. The lowest BCUT2D eigenvalue weighted by Gasteiger charge is -1.82. The van der Waals surface area contributed by atoms with Crippen molar-refractivity contribution in [2.24, 2.45) is 0 Å². The van der Waals surface area contributed by atoms with Gasteiger partial charge < -0.3 is 4.98 Å². The number of fused-ring (bicyclic) bond motifs is 1. The maximum absolute atomic E-state index is 4.05. The second-order valence-electron chi connectivity index (χ2n) is 2.33. The molecule has 2 rings (SSSR count). The Bertz CT molecular complexity index is 316. The highest BCUT2D eigenvalue weighted by Gasteiger charge is 1.94. The Morgan fingerprint density at radius 1 is 1.60 bits per heavy atom. The van der Waals surface area contributed by atoms with Crippen LogP contribution in [0.1, 0.15) is 5.69 Å². The summed E-state index contributed by atoms with van der Waals surface area (Å²) in [6, 6.07) is 5.78. The number of nitrogens with one attached hydrogen (secondary N) is 1. The highest BCUT2D eigenvalue weighted by molar-refractivity contribution is 5.75. The molecule has 0 aliphatic rings. The molecule has 2 heterocycles. The fourth-order valence-corrected chi connectivity index (χ4v) is 1.04. The summed E-state index contributed by atoms with van der Waals surface area (Å²) in [4.78, 5) is 7.22. The summed E-state index contributed by atoms with van der Waals surface area (Å²) in [6.07, 6.45) is 2.78. The van der Waals surface area contributed by atoms with E-state index in [0.29, 0.717) is 0 Å². The van der Waals surface area contributed by atoms with Crippen LogP contribution in [-0.2, 0) is 0 Å². The predicted octanol–water partition coefficient (Wildman–Crippen LogP) is 1.67. The molecule has 0 saturated carbocycles. The number of H-pyrrole nitrogens is 1. The molecule has 0 aliphatic heterocycles. The molecule has 49 valence electrons. The van der Waals surface area contributed by atoms with Crippen LogP contribution >= 0.6 is 0 Å². The molecule has 0 fully saturated rings. The van der Waals surface area contributed by atoms with Crippen LogP contribution in [0.2, 0.25) is 0 Å². The van der Waals surface area contributed by atoms with E-state index in [9.17, 15) is 0 Å². The molecule has 0 spiro atoms. The zero-order chi connectivity index (χ0) is 6.97. The number of hydrogen-bond donors (Lipinski definition) is 1. The third kappa shape index (κ3) is 0.692. The van der Waals surface area contributed by atoms with E-state index in [-0.39, 0.29) is 0 Å². The van der Waals surface area contributed by atoms with Gasteiger partial charge in [-0.1, -0.05) is 0 Å². The smallest absolute Gasteiger partial charge is 0.0895 e. The predicted molar refractivity (Wildman–Crippen MR) is 39.7 cm³/mol. The van der Waals surface area contributed by atoms with Gasteiger partial charge in [0.15, 0.2) is 0 Å². The lowest BCUT2D eigenvalue weighted by atomic mass is 10.4. The molecular weight excluding hydrogens is 124 g/mol. The minimum Gasteiger partial charge on any atom is -0.357 e. The van der Waals surface area contributed by atoms with Gasteiger partial charge in [0.1, 0.15) is 0 Å². The standard InChI is InChI=1S/C8H7N2/c1-6-5-8-7(10-6)3-2-4-9-8/h2-3,5,10H,1H3. The summed E-state index contributed by atoms with van der Waals surface area (Å²) < 4.78 is 0. The number of aryl methyl sites for hydroxylation is 1. The molecule has 10 heavy (non-hydrogen) atoms. The summed E-state index contributed by atoms with van der Waals surface area (Å²) in [7, 11) is 0. The van der Waals surface area contributed by atoms with Crippen LogP contribution < -0.4 is 0 Å². The SMILES string of the molecule is Cc1cc2n[c]ccc2[nH]1. The van der Waals surface area contributed by atoms with Crippen LogP contribution in [-0.4, -0.2) is 9.97 Å². The van der Waals surface area contributed by atoms with Crippen molar-refractivity contribution in [3.8, 4) is 0 Å². The van der Waals surface area contributed by atoms with Crippen molar-refractivity contribution in [3.63, 3.8) is 0 Å². The van der Waals surface area contributed by atoms with Crippen molar-refractivity contribution < 1.29 is 0 Å². The fourth-order valence-electron chi connectivity index (χ4n) is 1.04. The van der Waals surface area contributed by atoms with E-state index in [1.165, 1.54) is 0 Å². The highest BCUT2D eigenvalue weighted by atomic mass is 14.8. The van der Waals surface area contributed by atoms with Crippen molar-refractivity contribution in [2.45, 2.75) is 6.92 Å². The molecule has 1 N–H and O–H groups in total. The van der Waals surface area contributed by atoms with E-state index < -0.39 is 0 Å². The molecule has 0 atom stereocenters. The highest BCUT2D eigenvalue weighted by Crippen LogP contribution is 2.09. The largest absolute Gasteiger partial charge is 0.357 e. The summed E-state index contributed by atoms with van der Waals surface area (Å²) in [5.74, 6) is 0. The van der Waals surface area contributed by atoms with Gasteiger partial charge in [0.05, 0.1) is 17.2 Å². The molecule has 2 heteroatoms. The van der Waals surface area contributed by atoms with Crippen LogP contribution in [0.15, 0.2) is 18.2 Å². The second-order valence-corrected chi connectivity index (χ2v) is 2.33. The summed E-state index contributed by atoms with van der Waals surface area (Å²) in [5.41, 5.74) is 3.21. The van der Waals surface area contributed by atoms with E-state index in [1.807, 2.05) is 19.1 Å². The Hall–Kier alpha value is -1.31. The maximum atomic E-state index is 4.05. The molecule has 0 amide bonds. The molecule has 0 saturated heterocycles. The molecule has 0 bridgehead atoms. The van der Waals surface area contributed by atoms with Crippen molar-refractivity contribution >= 4 is 11.0 Å². The van der Waals surface area contributed by atoms with Gasteiger partial charge in [0, 0.05) is 5.69 Å². The van der Waals surface area contributed by atoms with Gasteiger partial charge in [-0.3, -0.25) is 0 Å². The average molecular weight is 131 g/mol. The van der Waals surface area contributed by atoms with Crippen molar-refractivity contribution in [2.75, 3.05) is 0 Å². The van der Waals surface area contributed by atoms with E-state index in [0.717, 1.165) is 16.7 Å². The lowest BCUT2D eigenvalue weighted by molar-refractivity contribution is 1.30. The Morgan fingerprint density at radius 2 is 2.50 bits per heavy atom. The van der Waals surface area contributed by atoms with Gasteiger partial charge in [0.25, 0.3) is 0 Å². The Balaban J connectivity index is 2.88. The van der Waals surface area contributed by atoms with E-state index in [4.69, 9.17) is 0 Å². The molecule has 2 aromatic rings. The number of nitrogens with zero attached hydrogens (tertiary/aromatic N) is 1. The third-order valence-corrected chi connectivity index (χ3v) is 1.47. The molecule has 2 aromatic heterocycles. The molecular formula is C8H7N2. The zero-order valence-electron chi connectivity index (χ0n) is 5.68. The zero-order valence-corrected chi connectivity index (χ0v) is 5.68. The number of aromatic nitrogens is 2. The van der Waals surface area contributed by atoms with Gasteiger partial charge >= 0.3 is 0 Å². The molecule has 0 unspecified atom stereocenters. The first-order valence-electron chi connectivity index (χ1n) is 3.19. The fraction of sp³-hybridized carbons (Fsp3) is 0.125. The minimum absolute atomic E-state index is 0.986.